The molecular formula is C20H20N4O6S. The van der Waals surface area contributed by atoms with Gasteiger partial charge in [-0.3, -0.25) is 9.40 Å². The van der Waals surface area contributed by atoms with E-state index in [1.807, 2.05) is 0 Å². The molecule has 0 aliphatic heterocycles. The van der Waals surface area contributed by atoms with E-state index in [0.717, 1.165) is 10.7 Å². The predicted octanol–water partition coefficient (Wildman–Crippen LogP) is 2.90. The molecule has 0 bridgehead atoms. The Bertz CT molecular complexity index is 1480. The maximum absolute atomic E-state index is 13.3. The SMILES string of the molecule is [2H]C([2H])([2H])Oc1cc(C([2H])([2H])n2cccn2)cc2onc(NS(=O)(=O)c3c(OC)cccc3OC)c12. The number of hydrogen-bond donors (Lipinski definition) is 1. The lowest BCUT2D eigenvalue weighted by molar-refractivity contribution is 0.373. The Morgan fingerprint density at radius 2 is 1.94 bits per heavy atom. The van der Waals surface area contributed by atoms with Crippen LogP contribution in [0.3, 0.4) is 0 Å². The van der Waals surface area contributed by atoms with E-state index in [0.29, 0.717) is 0 Å². The van der Waals surface area contributed by atoms with Crippen molar-refractivity contribution in [3.63, 3.8) is 0 Å². The summed E-state index contributed by atoms with van der Waals surface area (Å²) in [5.41, 5.74) is -0.206. The molecule has 2 heterocycles. The van der Waals surface area contributed by atoms with Gasteiger partial charge in [0.05, 0.1) is 34.6 Å². The van der Waals surface area contributed by atoms with Gasteiger partial charge < -0.3 is 18.7 Å². The molecule has 0 fully saturated rings. The molecule has 0 radical (unpaired) electrons. The second-order valence-corrected chi connectivity index (χ2v) is 7.76. The van der Waals surface area contributed by atoms with Gasteiger partial charge in [0, 0.05) is 12.4 Å². The number of fused-ring (bicyclic) bond motifs is 1. The van der Waals surface area contributed by atoms with Crippen molar-refractivity contribution in [1.82, 2.24) is 14.9 Å². The van der Waals surface area contributed by atoms with Gasteiger partial charge >= 0.3 is 0 Å². The molecular weight excluding hydrogens is 424 g/mol. The lowest BCUT2D eigenvalue weighted by Crippen LogP contribution is -2.15. The molecule has 0 aliphatic rings. The van der Waals surface area contributed by atoms with Gasteiger partial charge in [0.15, 0.2) is 16.3 Å². The number of aromatic nitrogens is 3. The Hall–Kier alpha value is -3.73. The number of rotatable bonds is 8. The topological polar surface area (TPSA) is 118 Å². The molecule has 0 aliphatic carbocycles. The van der Waals surface area contributed by atoms with Crippen LogP contribution in [-0.2, 0) is 16.5 Å². The van der Waals surface area contributed by atoms with Crippen LogP contribution in [0.4, 0.5) is 5.82 Å². The smallest absolute Gasteiger partial charge is 0.270 e. The third kappa shape index (κ3) is 3.87. The van der Waals surface area contributed by atoms with Crippen LogP contribution in [0.2, 0.25) is 0 Å². The first-order chi connectivity index (χ1) is 16.9. The van der Waals surface area contributed by atoms with Gasteiger partial charge in [-0.15, -0.1) is 0 Å². The summed E-state index contributed by atoms with van der Waals surface area (Å²) >= 11 is 0. The summed E-state index contributed by atoms with van der Waals surface area (Å²) in [6.45, 7) is -2.23. The molecule has 2 aromatic carbocycles. The van der Waals surface area contributed by atoms with Gasteiger partial charge in [-0.05, 0) is 35.9 Å². The van der Waals surface area contributed by atoms with E-state index in [2.05, 4.69) is 15.0 Å². The van der Waals surface area contributed by atoms with E-state index in [1.54, 1.807) is 6.07 Å². The Kier molecular flexibility index (Phi) is 3.99. The van der Waals surface area contributed by atoms with E-state index < -0.39 is 23.6 Å². The number of ether oxygens (including phenoxy) is 3. The third-order valence-corrected chi connectivity index (χ3v) is 5.68. The molecule has 0 saturated carbocycles. The Morgan fingerprint density at radius 1 is 1.16 bits per heavy atom. The fourth-order valence-corrected chi connectivity index (χ4v) is 4.31. The number of anilines is 1. The van der Waals surface area contributed by atoms with E-state index in [9.17, 15) is 8.42 Å². The summed E-state index contributed by atoms with van der Waals surface area (Å²) in [7, 11) is -4.78. The minimum absolute atomic E-state index is 0.0108. The molecule has 4 rings (SSSR count). The van der Waals surface area contributed by atoms with Crippen molar-refractivity contribution >= 4 is 26.8 Å². The highest BCUT2D eigenvalue weighted by Crippen LogP contribution is 2.38. The lowest BCUT2D eigenvalue weighted by Gasteiger charge is -2.14. The molecule has 0 spiro atoms. The van der Waals surface area contributed by atoms with Crippen molar-refractivity contribution < 1.29 is 34.0 Å². The first-order valence-corrected chi connectivity index (χ1v) is 10.2. The Morgan fingerprint density at radius 3 is 2.58 bits per heavy atom. The minimum atomic E-state index is -4.40. The monoisotopic (exact) mass is 449 g/mol. The third-order valence-electron chi connectivity index (χ3n) is 4.28. The van der Waals surface area contributed by atoms with Crippen LogP contribution in [0, 0.1) is 0 Å². The minimum Gasteiger partial charge on any atom is -0.496 e. The molecule has 4 aromatic rings. The van der Waals surface area contributed by atoms with Crippen LogP contribution in [-0.4, -0.2) is 44.6 Å². The standard InChI is InChI=1S/C20H20N4O6S/c1-27-14-6-4-7-15(28-2)19(14)31(25,26)23-20-18-16(29-3)10-13(11-17(18)30-22-20)12-24-9-5-8-21-24/h4-11H,12H2,1-3H3,(H,22,23)/i3D3,12D2. The van der Waals surface area contributed by atoms with Gasteiger partial charge in [-0.1, -0.05) is 11.2 Å². The van der Waals surface area contributed by atoms with Crippen molar-refractivity contribution in [3.8, 4) is 17.2 Å². The molecule has 31 heavy (non-hydrogen) atoms. The average molecular weight is 449 g/mol. The second-order valence-electron chi connectivity index (χ2n) is 6.14. The van der Waals surface area contributed by atoms with E-state index in [-0.39, 0.29) is 44.5 Å². The molecule has 0 atom stereocenters. The average Bonchev–Trinajstić information content (AvgIpc) is 3.48. The van der Waals surface area contributed by atoms with E-state index in [4.69, 9.17) is 25.6 Å². The maximum Gasteiger partial charge on any atom is 0.270 e. The van der Waals surface area contributed by atoms with Crippen molar-refractivity contribution in [2.75, 3.05) is 26.0 Å². The number of methoxy groups -OCH3 is 3. The summed E-state index contributed by atoms with van der Waals surface area (Å²) in [6, 6.07) is 8.27. The highest BCUT2D eigenvalue weighted by Gasteiger charge is 2.28. The maximum atomic E-state index is 13.3. The van der Waals surface area contributed by atoms with Crippen LogP contribution in [0.1, 0.15) is 12.4 Å². The summed E-state index contributed by atoms with van der Waals surface area (Å²) in [4.78, 5) is -0.323. The summed E-state index contributed by atoms with van der Waals surface area (Å²) in [5.74, 6) is -0.792. The number of hydrogen-bond acceptors (Lipinski definition) is 8. The Balaban J connectivity index is 1.87. The fraction of sp³-hybridized carbons (Fsp3) is 0.200. The molecule has 162 valence electrons. The molecule has 1 N–H and O–H groups in total. The summed E-state index contributed by atoms with van der Waals surface area (Å²) in [6.07, 6.45) is 2.76. The van der Waals surface area contributed by atoms with Gasteiger partial charge in [0.1, 0.15) is 22.6 Å². The highest BCUT2D eigenvalue weighted by atomic mass is 32.2. The number of sulfonamides is 1. The number of nitrogens with one attached hydrogen (secondary N) is 1. The van der Waals surface area contributed by atoms with Crippen LogP contribution in [0.15, 0.2) is 58.2 Å². The molecule has 10 nitrogen and oxygen atoms in total. The normalized spacial score (nSPS) is 14.7. The van der Waals surface area contributed by atoms with Gasteiger partial charge in [-0.2, -0.15) is 5.10 Å². The number of nitrogens with zero attached hydrogens (tertiary/aromatic N) is 3. The second kappa shape index (κ2) is 8.19. The predicted molar refractivity (Wildman–Crippen MR) is 112 cm³/mol. The Labute approximate surface area is 185 Å². The molecule has 0 unspecified atom stereocenters. The van der Waals surface area contributed by atoms with Crippen molar-refractivity contribution in [3.05, 3.63) is 54.4 Å². The van der Waals surface area contributed by atoms with Crippen molar-refractivity contribution in [2.45, 2.75) is 11.4 Å². The molecule has 0 saturated heterocycles. The largest absolute Gasteiger partial charge is 0.496 e. The molecule has 2 aromatic heterocycles. The lowest BCUT2D eigenvalue weighted by atomic mass is 10.1. The summed E-state index contributed by atoms with van der Waals surface area (Å²) in [5, 5.41) is 7.50. The van der Waals surface area contributed by atoms with Crippen LogP contribution in [0.5, 0.6) is 17.2 Å². The zero-order chi connectivity index (χ0) is 26.3. The number of benzene rings is 2. The van der Waals surface area contributed by atoms with Crippen LogP contribution >= 0.6 is 0 Å². The van der Waals surface area contributed by atoms with Crippen molar-refractivity contribution in [1.29, 1.82) is 0 Å². The first kappa shape index (κ1) is 15.1. The molecule has 0 amide bonds. The van der Waals surface area contributed by atoms with Crippen LogP contribution in [0.25, 0.3) is 11.0 Å². The van der Waals surface area contributed by atoms with Crippen LogP contribution < -0.4 is 18.9 Å². The van der Waals surface area contributed by atoms with Gasteiger partial charge in [0.2, 0.25) is 0 Å². The van der Waals surface area contributed by atoms with E-state index in [1.165, 1.54) is 50.9 Å². The zero-order valence-electron chi connectivity index (χ0n) is 21.3. The van der Waals surface area contributed by atoms with Gasteiger partial charge in [0.25, 0.3) is 10.0 Å². The van der Waals surface area contributed by atoms with Gasteiger partial charge in [-0.25, -0.2) is 8.42 Å². The van der Waals surface area contributed by atoms with Crippen molar-refractivity contribution in [2.24, 2.45) is 0 Å². The highest BCUT2D eigenvalue weighted by molar-refractivity contribution is 7.93. The summed E-state index contributed by atoms with van der Waals surface area (Å²) < 4.78 is 90.1. The fourth-order valence-electron chi connectivity index (χ4n) is 2.98. The quantitative estimate of drug-likeness (QED) is 0.436. The zero-order valence-corrected chi connectivity index (χ0v) is 17.1. The van der Waals surface area contributed by atoms with E-state index >= 15 is 0 Å². The first-order valence-electron chi connectivity index (χ1n) is 11.2. The molecule has 11 heteroatoms.